The van der Waals surface area contributed by atoms with Gasteiger partial charge in [0.15, 0.2) is 5.96 Å². The Bertz CT molecular complexity index is 462. The highest BCUT2D eigenvalue weighted by Gasteiger charge is 2.09. The molecule has 0 unspecified atom stereocenters. The molecule has 1 aliphatic heterocycles. The zero-order valence-corrected chi connectivity index (χ0v) is 17.2. The standard InChI is InChI=1S/C15H27N5OS.HI/c1-3-16-15(19-12-14-11-18-13(2)22-14)17-5-4-6-20-7-9-21-10-8-20;/h11H,3-10,12H2,1-2H3,(H2,16,17,19);1H. The fourth-order valence-corrected chi connectivity index (χ4v) is 3.03. The number of rotatable bonds is 7. The molecular formula is C15H28IN5OS. The monoisotopic (exact) mass is 453 g/mol. The van der Waals surface area contributed by atoms with E-state index in [1.165, 1.54) is 4.88 Å². The molecule has 0 radical (unpaired) electrons. The van der Waals surface area contributed by atoms with Gasteiger partial charge >= 0.3 is 0 Å². The van der Waals surface area contributed by atoms with Crippen LogP contribution in [0.4, 0.5) is 0 Å². The molecule has 0 saturated carbocycles. The molecular weight excluding hydrogens is 425 g/mol. The minimum atomic E-state index is 0. The zero-order chi connectivity index (χ0) is 15.6. The average Bonchev–Trinajstić information content (AvgIpc) is 2.95. The van der Waals surface area contributed by atoms with Gasteiger partial charge in [0.25, 0.3) is 0 Å². The van der Waals surface area contributed by atoms with Crippen molar-refractivity contribution in [2.75, 3.05) is 45.9 Å². The van der Waals surface area contributed by atoms with Gasteiger partial charge < -0.3 is 15.4 Å². The summed E-state index contributed by atoms with van der Waals surface area (Å²) in [5.41, 5.74) is 0. The van der Waals surface area contributed by atoms with Gasteiger partial charge in [-0.3, -0.25) is 4.90 Å². The molecule has 6 nitrogen and oxygen atoms in total. The van der Waals surface area contributed by atoms with Crippen LogP contribution in [0.3, 0.4) is 0 Å². The summed E-state index contributed by atoms with van der Waals surface area (Å²) in [5.74, 6) is 0.885. The molecule has 23 heavy (non-hydrogen) atoms. The third-order valence-electron chi connectivity index (χ3n) is 3.45. The molecule has 0 aromatic carbocycles. The van der Waals surface area contributed by atoms with E-state index in [0.717, 1.165) is 63.3 Å². The van der Waals surface area contributed by atoms with Crippen LogP contribution in [0.5, 0.6) is 0 Å². The first kappa shape index (κ1) is 20.6. The lowest BCUT2D eigenvalue weighted by atomic mass is 10.3. The summed E-state index contributed by atoms with van der Waals surface area (Å²) >= 11 is 1.70. The van der Waals surface area contributed by atoms with Gasteiger partial charge in [-0.1, -0.05) is 0 Å². The molecule has 0 aliphatic carbocycles. The fraction of sp³-hybridized carbons (Fsp3) is 0.733. The second kappa shape index (κ2) is 12.0. The van der Waals surface area contributed by atoms with Crippen LogP contribution >= 0.6 is 35.3 Å². The second-order valence-electron chi connectivity index (χ2n) is 5.28. The molecule has 1 aliphatic rings. The molecule has 2 rings (SSSR count). The van der Waals surface area contributed by atoms with Gasteiger partial charge in [-0.25, -0.2) is 9.98 Å². The zero-order valence-electron chi connectivity index (χ0n) is 14.0. The number of aryl methyl sites for hydroxylation is 1. The first-order valence-corrected chi connectivity index (χ1v) is 8.83. The maximum absolute atomic E-state index is 5.36. The summed E-state index contributed by atoms with van der Waals surface area (Å²) in [6, 6.07) is 0. The second-order valence-corrected chi connectivity index (χ2v) is 6.59. The number of hydrogen-bond donors (Lipinski definition) is 2. The Morgan fingerprint density at radius 3 is 2.83 bits per heavy atom. The van der Waals surface area contributed by atoms with E-state index in [0.29, 0.717) is 6.54 Å². The van der Waals surface area contributed by atoms with Gasteiger partial charge in [0, 0.05) is 37.3 Å². The summed E-state index contributed by atoms with van der Waals surface area (Å²) in [4.78, 5) is 12.5. The molecule has 0 spiro atoms. The molecule has 8 heteroatoms. The maximum Gasteiger partial charge on any atom is 0.191 e. The molecule has 2 heterocycles. The van der Waals surface area contributed by atoms with E-state index in [-0.39, 0.29) is 24.0 Å². The highest BCUT2D eigenvalue weighted by molar-refractivity contribution is 14.0. The van der Waals surface area contributed by atoms with E-state index in [1.54, 1.807) is 11.3 Å². The lowest BCUT2D eigenvalue weighted by molar-refractivity contribution is 0.0376. The molecule has 1 fully saturated rings. The highest BCUT2D eigenvalue weighted by atomic mass is 127. The van der Waals surface area contributed by atoms with Crippen LogP contribution in [0.25, 0.3) is 0 Å². The molecule has 1 aromatic rings. The minimum Gasteiger partial charge on any atom is -0.379 e. The van der Waals surface area contributed by atoms with Gasteiger partial charge in [-0.05, 0) is 26.8 Å². The Morgan fingerprint density at radius 2 is 2.17 bits per heavy atom. The maximum atomic E-state index is 5.36. The Balaban J connectivity index is 0.00000264. The Morgan fingerprint density at radius 1 is 1.39 bits per heavy atom. The van der Waals surface area contributed by atoms with Gasteiger partial charge in [0.2, 0.25) is 0 Å². The van der Waals surface area contributed by atoms with E-state index in [4.69, 9.17) is 4.74 Å². The van der Waals surface area contributed by atoms with E-state index < -0.39 is 0 Å². The largest absolute Gasteiger partial charge is 0.379 e. The Hall–Kier alpha value is -0.450. The van der Waals surface area contributed by atoms with Gasteiger partial charge in [0.05, 0.1) is 24.8 Å². The molecule has 0 amide bonds. The van der Waals surface area contributed by atoms with Crippen LogP contribution in [-0.2, 0) is 11.3 Å². The predicted molar refractivity (Wildman–Crippen MR) is 107 cm³/mol. The third-order valence-corrected chi connectivity index (χ3v) is 4.35. The van der Waals surface area contributed by atoms with Crippen molar-refractivity contribution in [3.05, 3.63) is 16.1 Å². The fourth-order valence-electron chi connectivity index (χ4n) is 2.31. The number of aromatic nitrogens is 1. The number of hydrogen-bond acceptors (Lipinski definition) is 5. The smallest absolute Gasteiger partial charge is 0.191 e. The number of guanidine groups is 1. The van der Waals surface area contributed by atoms with Crippen LogP contribution in [0, 0.1) is 6.92 Å². The number of nitrogens with one attached hydrogen (secondary N) is 2. The first-order valence-electron chi connectivity index (χ1n) is 8.01. The summed E-state index contributed by atoms with van der Waals surface area (Å²) in [6.45, 7) is 11.6. The average molecular weight is 453 g/mol. The minimum absolute atomic E-state index is 0. The van der Waals surface area contributed by atoms with E-state index in [9.17, 15) is 0 Å². The summed E-state index contributed by atoms with van der Waals surface area (Å²) < 4.78 is 5.36. The van der Waals surface area contributed by atoms with Crippen molar-refractivity contribution in [3.8, 4) is 0 Å². The van der Waals surface area contributed by atoms with Crippen LogP contribution in [0.1, 0.15) is 23.2 Å². The normalized spacial score (nSPS) is 16.0. The van der Waals surface area contributed by atoms with E-state index in [1.807, 2.05) is 13.1 Å². The van der Waals surface area contributed by atoms with Crippen molar-refractivity contribution in [2.24, 2.45) is 4.99 Å². The van der Waals surface area contributed by atoms with Crippen molar-refractivity contribution >= 4 is 41.3 Å². The quantitative estimate of drug-likeness (QED) is 0.286. The van der Waals surface area contributed by atoms with Crippen LogP contribution in [0.15, 0.2) is 11.2 Å². The predicted octanol–water partition coefficient (Wildman–Crippen LogP) is 1.85. The number of ether oxygens (including phenoxy) is 1. The number of nitrogens with zero attached hydrogens (tertiary/aromatic N) is 3. The molecule has 1 aromatic heterocycles. The number of aliphatic imine (C=N–C) groups is 1. The number of thiazole rings is 1. The van der Waals surface area contributed by atoms with Gasteiger partial charge in [0.1, 0.15) is 0 Å². The van der Waals surface area contributed by atoms with Crippen molar-refractivity contribution < 1.29 is 4.74 Å². The molecule has 2 N–H and O–H groups in total. The molecule has 1 saturated heterocycles. The summed E-state index contributed by atoms with van der Waals surface area (Å²) in [7, 11) is 0. The lowest BCUT2D eigenvalue weighted by Crippen LogP contribution is -2.40. The van der Waals surface area contributed by atoms with Crippen molar-refractivity contribution in [2.45, 2.75) is 26.8 Å². The molecule has 0 bridgehead atoms. The van der Waals surface area contributed by atoms with Crippen LogP contribution in [-0.4, -0.2) is 61.8 Å². The van der Waals surface area contributed by atoms with Crippen LogP contribution in [0.2, 0.25) is 0 Å². The van der Waals surface area contributed by atoms with Crippen LogP contribution < -0.4 is 10.6 Å². The highest BCUT2D eigenvalue weighted by Crippen LogP contribution is 2.12. The Kier molecular flexibility index (Phi) is 10.7. The number of halogens is 1. The topological polar surface area (TPSA) is 61.8 Å². The van der Waals surface area contributed by atoms with Crippen molar-refractivity contribution in [3.63, 3.8) is 0 Å². The van der Waals surface area contributed by atoms with Crippen molar-refractivity contribution in [1.82, 2.24) is 20.5 Å². The SMILES string of the molecule is CCNC(=NCc1cnc(C)s1)NCCCN1CCOCC1.I. The molecule has 0 atom stereocenters. The molecule has 132 valence electrons. The van der Waals surface area contributed by atoms with E-state index >= 15 is 0 Å². The van der Waals surface area contributed by atoms with Crippen molar-refractivity contribution in [1.29, 1.82) is 0 Å². The summed E-state index contributed by atoms with van der Waals surface area (Å²) in [6.07, 6.45) is 3.02. The summed E-state index contributed by atoms with van der Waals surface area (Å²) in [5, 5.41) is 7.78. The first-order chi connectivity index (χ1) is 10.8. The Labute approximate surface area is 160 Å². The van der Waals surface area contributed by atoms with Gasteiger partial charge in [-0.15, -0.1) is 35.3 Å². The third kappa shape index (κ3) is 8.27. The lowest BCUT2D eigenvalue weighted by Gasteiger charge is -2.26. The van der Waals surface area contributed by atoms with E-state index in [2.05, 4.69) is 32.4 Å². The number of morpholine rings is 1. The van der Waals surface area contributed by atoms with Gasteiger partial charge in [-0.2, -0.15) is 0 Å².